The fourth-order valence-electron chi connectivity index (χ4n) is 4.53. The molecule has 1 amide bonds. The third kappa shape index (κ3) is 5.29. The number of benzene rings is 2. The minimum absolute atomic E-state index is 0.167. The van der Waals surface area contributed by atoms with E-state index >= 15 is 0 Å². The number of anilines is 2. The molecule has 1 aliphatic rings. The molecule has 1 N–H and O–H groups in total. The smallest absolute Gasteiger partial charge is 0.224 e. The minimum Gasteiger partial charge on any atom is -0.437 e. The quantitative estimate of drug-likeness (QED) is 0.367. The summed E-state index contributed by atoms with van der Waals surface area (Å²) < 4.78 is 20.4. The van der Waals surface area contributed by atoms with Crippen LogP contribution in [0.2, 0.25) is 0 Å². The molecule has 4 aromatic rings. The Morgan fingerprint density at radius 3 is 2.64 bits per heavy atom. The van der Waals surface area contributed by atoms with E-state index in [-0.39, 0.29) is 17.8 Å². The number of piperazine rings is 1. The number of fused-ring (bicyclic) bond motifs is 1. The van der Waals surface area contributed by atoms with Crippen molar-refractivity contribution in [2.24, 2.45) is 0 Å². The summed E-state index contributed by atoms with van der Waals surface area (Å²) in [6.45, 7) is 7.00. The van der Waals surface area contributed by atoms with Gasteiger partial charge in [-0.15, -0.1) is 0 Å². The first-order valence-electron chi connectivity index (χ1n) is 11.9. The number of ether oxygens (including phenoxy) is 1. The summed E-state index contributed by atoms with van der Waals surface area (Å²) in [7, 11) is 0. The van der Waals surface area contributed by atoms with Crippen LogP contribution >= 0.6 is 11.3 Å². The molecule has 3 heterocycles. The van der Waals surface area contributed by atoms with Crippen LogP contribution < -0.4 is 15.0 Å². The summed E-state index contributed by atoms with van der Waals surface area (Å²) in [6, 6.07) is 14.6. The second-order valence-corrected chi connectivity index (χ2v) is 9.65. The second kappa shape index (κ2) is 10.5. The van der Waals surface area contributed by atoms with Gasteiger partial charge >= 0.3 is 0 Å². The molecular weight excluding hydrogens is 479 g/mol. The van der Waals surface area contributed by atoms with E-state index in [2.05, 4.69) is 37.0 Å². The molecule has 1 unspecified atom stereocenters. The van der Waals surface area contributed by atoms with Gasteiger partial charge in [-0.3, -0.25) is 9.69 Å². The van der Waals surface area contributed by atoms with Crippen LogP contribution in [0.5, 0.6) is 11.6 Å². The number of nitrogens with one attached hydrogen (secondary N) is 1. The lowest BCUT2D eigenvalue weighted by Gasteiger charge is -2.39. The number of thiazole rings is 1. The molecule has 10 heteroatoms. The van der Waals surface area contributed by atoms with Gasteiger partial charge in [0.05, 0.1) is 4.70 Å². The Balaban J connectivity index is 1.27. The van der Waals surface area contributed by atoms with Gasteiger partial charge in [-0.05, 0) is 36.2 Å². The number of hydrogen-bond acceptors (Lipinski definition) is 8. The number of amides is 1. The number of para-hydroxylation sites is 1. The van der Waals surface area contributed by atoms with Crippen molar-refractivity contribution in [3.63, 3.8) is 0 Å². The maximum Gasteiger partial charge on any atom is 0.224 e. The van der Waals surface area contributed by atoms with Crippen LogP contribution in [0.3, 0.4) is 0 Å². The van der Waals surface area contributed by atoms with E-state index in [0.29, 0.717) is 22.3 Å². The van der Waals surface area contributed by atoms with Gasteiger partial charge in [0.2, 0.25) is 11.8 Å². The van der Waals surface area contributed by atoms with E-state index in [9.17, 15) is 9.18 Å². The van der Waals surface area contributed by atoms with Crippen LogP contribution in [-0.4, -0.2) is 51.9 Å². The van der Waals surface area contributed by atoms with E-state index < -0.39 is 0 Å². The number of carbonyl (C=O) groups is 1. The Bertz CT molecular complexity index is 1350. The Kier molecular flexibility index (Phi) is 7.06. The first-order chi connectivity index (χ1) is 17.5. The van der Waals surface area contributed by atoms with Crippen molar-refractivity contribution in [3.8, 4) is 11.6 Å². The molecule has 2 aromatic carbocycles. The average molecular weight is 507 g/mol. The summed E-state index contributed by atoms with van der Waals surface area (Å²) in [5.74, 6) is 1.43. The molecule has 186 valence electrons. The minimum atomic E-state index is -0.209. The predicted octanol–water partition coefficient (Wildman–Crippen LogP) is 5.25. The van der Waals surface area contributed by atoms with Crippen LogP contribution in [0.4, 0.5) is 15.3 Å². The largest absolute Gasteiger partial charge is 0.437 e. The van der Waals surface area contributed by atoms with E-state index in [1.165, 1.54) is 36.7 Å². The second-order valence-electron chi connectivity index (χ2n) is 8.62. The normalized spacial score (nSPS) is 15.1. The Morgan fingerprint density at radius 1 is 1.14 bits per heavy atom. The maximum atomic E-state index is 13.4. The maximum absolute atomic E-state index is 13.4. The van der Waals surface area contributed by atoms with Crippen molar-refractivity contribution < 1.29 is 13.9 Å². The fourth-order valence-corrected chi connectivity index (χ4v) is 5.46. The lowest BCUT2D eigenvalue weighted by atomic mass is 10.0. The van der Waals surface area contributed by atoms with Gasteiger partial charge in [0.1, 0.15) is 23.5 Å². The van der Waals surface area contributed by atoms with Crippen LogP contribution in [0, 0.1) is 5.82 Å². The zero-order valence-electron chi connectivity index (χ0n) is 20.1. The van der Waals surface area contributed by atoms with Crippen molar-refractivity contribution in [1.29, 1.82) is 0 Å². The van der Waals surface area contributed by atoms with Crippen LogP contribution in [0.1, 0.15) is 31.9 Å². The molecule has 0 radical (unpaired) electrons. The molecule has 1 aliphatic heterocycles. The van der Waals surface area contributed by atoms with Gasteiger partial charge in [-0.2, -0.15) is 0 Å². The number of rotatable bonds is 7. The zero-order chi connectivity index (χ0) is 25.1. The van der Waals surface area contributed by atoms with Crippen molar-refractivity contribution >= 4 is 38.4 Å². The highest BCUT2D eigenvalue weighted by Gasteiger charge is 2.25. The number of aromatic nitrogens is 3. The molecule has 2 aromatic heterocycles. The van der Waals surface area contributed by atoms with Crippen LogP contribution in [0.15, 0.2) is 54.9 Å². The molecule has 5 rings (SSSR count). The fraction of sp³-hybridized carbons (Fsp3) is 0.308. The van der Waals surface area contributed by atoms with Crippen molar-refractivity contribution in [1.82, 2.24) is 19.9 Å². The summed E-state index contributed by atoms with van der Waals surface area (Å²) >= 11 is 1.39. The molecule has 0 aliphatic carbocycles. The van der Waals surface area contributed by atoms with Gasteiger partial charge in [-0.1, -0.05) is 36.5 Å². The molecule has 0 spiro atoms. The van der Waals surface area contributed by atoms with Crippen LogP contribution in [0.25, 0.3) is 10.2 Å². The Hall–Kier alpha value is -3.63. The highest BCUT2D eigenvalue weighted by Crippen LogP contribution is 2.35. The first kappa shape index (κ1) is 24.1. The van der Waals surface area contributed by atoms with Gasteiger partial charge in [0, 0.05) is 45.2 Å². The zero-order valence-corrected chi connectivity index (χ0v) is 21.0. The number of hydrogen-bond donors (Lipinski definition) is 1. The van der Waals surface area contributed by atoms with Crippen molar-refractivity contribution in [2.75, 3.05) is 36.4 Å². The van der Waals surface area contributed by atoms with E-state index in [4.69, 9.17) is 4.74 Å². The standard InChI is InChI=1S/C26H27FN6O2S/c1-3-20(18-7-9-19(27)10-8-18)32-11-13-33(14-12-32)23-15-24(29-16-28-23)35-21-5-4-6-22-25(21)31-26(36-22)30-17(2)34/h4-10,15-16,20H,3,11-14H2,1-2H3,(H,30,31,34). The first-order valence-corrected chi connectivity index (χ1v) is 12.7. The van der Waals surface area contributed by atoms with Crippen LogP contribution in [-0.2, 0) is 4.79 Å². The molecule has 0 saturated carbocycles. The summed E-state index contributed by atoms with van der Waals surface area (Å²) in [5, 5.41) is 3.25. The van der Waals surface area contributed by atoms with Gasteiger partial charge < -0.3 is 15.0 Å². The molecule has 1 atom stereocenters. The Labute approximate surface area is 212 Å². The highest BCUT2D eigenvalue weighted by molar-refractivity contribution is 7.22. The van der Waals surface area contributed by atoms with Gasteiger partial charge in [0.25, 0.3) is 0 Å². The van der Waals surface area contributed by atoms with Crippen molar-refractivity contribution in [3.05, 3.63) is 66.2 Å². The predicted molar refractivity (Wildman–Crippen MR) is 139 cm³/mol. The monoisotopic (exact) mass is 506 g/mol. The Morgan fingerprint density at radius 2 is 1.92 bits per heavy atom. The molecule has 1 saturated heterocycles. The number of halogens is 1. The lowest BCUT2D eigenvalue weighted by Crippen LogP contribution is -2.47. The van der Waals surface area contributed by atoms with Gasteiger partial charge in [0.15, 0.2) is 10.9 Å². The summed E-state index contributed by atoms with van der Waals surface area (Å²) in [5.41, 5.74) is 1.81. The topological polar surface area (TPSA) is 83.5 Å². The highest BCUT2D eigenvalue weighted by atomic mass is 32.1. The third-order valence-electron chi connectivity index (χ3n) is 6.23. The molecule has 0 bridgehead atoms. The summed E-state index contributed by atoms with van der Waals surface area (Å²) in [6.07, 6.45) is 2.47. The number of carbonyl (C=O) groups excluding carboxylic acids is 1. The average Bonchev–Trinajstić information content (AvgIpc) is 3.29. The van der Waals surface area contributed by atoms with Gasteiger partial charge in [-0.25, -0.2) is 19.3 Å². The van der Waals surface area contributed by atoms with Crippen molar-refractivity contribution in [2.45, 2.75) is 26.3 Å². The SMILES string of the molecule is CCC(c1ccc(F)cc1)N1CCN(c2cc(Oc3cccc4sc(NC(C)=O)nc34)ncn2)CC1. The summed E-state index contributed by atoms with van der Waals surface area (Å²) in [4.78, 5) is 29.3. The molecule has 8 nitrogen and oxygen atoms in total. The molecule has 36 heavy (non-hydrogen) atoms. The molecular formula is C26H27FN6O2S. The third-order valence-corrected chi connectivity index (χ3v) is 7.16. The molecule has 1 fully saturated rings. The number of nitrogens with zero attached hydrogens (tertiary/aromatic N) is 5. The lowest BCUT2D eigenvalue weighted by molar-refractivity contribution is -0.114. The van der Waals surface area contributed by atoms with E-state index in [1.807, 2.05) is 36.4 Å². The van der Waals surface area contributed by atoms with E-state index in [0.717, 1.165) is 48.7 Å². The van der Waals surface area contributed by atoms with E-state index in [1.54, 1.807) is 0 Å².